The molecule has 0 amide bonds. The first-order valence-electron chi connectivity index (χ1n) is 36.1. The summed E-state index contributed by atoms with van der Waals surface area (Å²) >= 11 is 0. The second-order valence-corrected chi connectivity index (χ2v) is 26.7. The molecule has 3 N–H and O–H groups in total. The number of esters is 4. The van der Waals surface area contributed by atoms with Crippen LogP contribution in [0.15, 0.2) is 109 Å². The molecule has 0 saturated carbocycles. The van der Waals surface area contributed by atoms with E-state index < -0.39 is 97.5 Å². The van der Waals surface area contributed by atoms with Gasteiger partial charge in [0.05, 0.1) is 26.4 Å². The van der Waals surface area contributed by atoms with Gasteiger partial charge < -0.3 is 33.8 Å². The first-order valence-corrected chi connectivity index (χ1v) is 39.1. The van der Waals surface area contributed by atoms with Crippen molar-refractivity contribution in [2.45, 2.75) is 303 Å². The largest absolute Gasteiger partial charge is 0.472 e. The summed E-state index contributed by atoms with van der Waals surface area (Å²) in [6.45, 7) is 4.50. The van der Waals surface area contributed by atoms with Crippen LogP contribution >= 0.6 is 15.6 Å². The van der Waals surface area contributed by atoms with E-state index in [1.54, 1.807) is 0 Å². The molecule has 0 spiro atoms. The van der Waals surface area contributed by atoms with Crippen molar-refractivity contribution in [3.05, 3.63) is 109 Å². The molecule has 0 rings (SSSR count). The number of rotatable bonds is 67. The molecular weight excluding hydrogens is 1230 g/mol. The Morgan fingerprint density at radius 1 is 0.309 bits per heavy atom. The van der Waals surface area contributed by atoms with Crippen molar-refractivity contribution in [3.8, 4) is 0 Å². The minimum atomic E-state index is -4.98. The lowest BCUT2D eigenvalue weighted by Crippen LogP contribution is -2.30. The van der Waals surface area contributed by atoms with Gasteiger partial charge in [-0.25, -0.2) is 9.13 Å². The molecule has 0 aliphatic carbocycles. The van der Waals surface area contributed by atoms with E-state index in [9.17, 15) is 43.2 Å². The lowest BCUT2D eigenvalue weighted by molar-refractivity contribution is -0.161. The highest BCUT2D eigenvalue weighted by Crippen LogP contribution is 2.45. The summed E-state index contributed by atoms with van der Waals surface area (Å²) in [5, 5.41) is 10.6. The molecule has 0 radical (unpaired) electrons. The van der Waals surface area contributed by atoms with E-state index >= 15 is 0 Å². The van der Waals surface area contributed by atoms with Gasteiger partial charge in [0.15, 0.2) is 12.2 Å². The quantitative estimate of drug-likeness (QED) is 0.0169. The fraction of sp³-hybridized carbons (Fsp3) is 0.707. The Balaban J connectivity index is 5.35. The van der Waals surface area contributed by atoms with Crippen molar-refractivity contribution in [1.29, 1.82) is 0 Å². The van der Waals surface area contributed by atoms with Crippen molar-refractivity contribution >= 4 is 39.5 Å². The van der Waals surface area contributed by atoms with Crippen molar-refractivity contribution < 1.29 is 80.2 Å². The van der Waals surface area contributed by atoms with Crippen LogP contribution in [-0.2, 0) is 65.4 Å². The maximum absolute atomic E-state index is 13.0. The molecule has 94 heavy (non-hydrogen) atoms. The van der Waals surface area contributed by atoms with E-state index in [2.05, 4.69) is 137 Å². The van der Waals surface area contributed by atoms with Gasteiger partial charge >= 0.3 is 39.5 Å². The molecule has 0 saturated heterocycles. The molecule has 0 aliphatic rings. The van der Waals surface area contributed by atoms with Gasteiger partial charge in [0.1, 0.15) is 19.3 Å². The van der Waals surface area contributed by atoms with Crippen LogP contribution in [0.5, 0.6) is 0 Å². The van der Waals surface area contributed by atoms with Gasteiger partial charge in [-0.05, 0) is 135 Å². The molecule has 0 aliphatic heterocycles. The molecule has 0 fully saturated rings. The fourth-order valence-corrected chi connectivity index (χ4v) is 10.7. The number of unbranched alkanes of at least 4 members (excludes halogenated alkanes) is 23. The van der Waals surface area contributed by atoms with Crippen LogP contribution in [0.25, 0.3) is 0 Å². The Morgan fingerprint density at radius 2 is 0.574 bits per heavy atom. The predicted octanol–water partition coefficient (Wildman–Crippen LogP) is 20.2. The standard InChI is InChI=1S/C75H128O17P2/c1-5-9-13-17-21-25-29-32-33-34-35-38-41-44-48-52-56-60-73(78)86-65-70(91-74(79)61-57-53-49-45-39-28-24-20-16-12-8-4)67-89-93(81,82)87-63-69(76)64-88-94(83,84)90-68-71(92-75(80)62-58-54-50-46-42-37-31-27-23-19-15-11-7-3)66-85-72(77)59-55-51-47-43-40-36-30-26-22-18-14-10-6-2/h9,13-15,18-21,24-27,30-33,35,38,69-71,76H,5-8,10-12,16-17,22-23,28-29,34,36-37,39-68H2,1-4H3,(H,81,82)(H,83,84)/b13-9-,18-14-,19-15-,24-20-,25-21-,30-26-,31-27-,33-32-,38-35-. The Kier molecular flexibility index (Phi) is 64.2. The molecule has 19 heteroatoms. The predicted molar refractivity (Wildman–Crippen MR) is 381 cm³/mol. The minimum absolute atomic E-state index is 0.0741. The zero-order valence-corrected chi connectivity index (χ0v) is 60.4. The summed E-state index contributed by atoms with van der Waals surface area (Å²) in [6, 6.07) is 0. The summed E-state index contributed by atoms with van der Waals surface area (Å²) in [6.07, 6.45) is 69.6. The third kappa shape index (κ3) is 66.3. The van der Waals surface area contributed by atoms with Crippen LogP contribution < -0.4 is 0 Å². The van der Waals surface area contributed by atoms with Crippen LogP contribution in [0.4, 0.5) is 0 Å². The number of hydrogen-bond donors (Lipinski definition) is 3. The number of ether oxygens (including phenoxy) is 4. The smallest absolute Gasteiger partial charge is 0.462 e. The normalized spacial score (nSPS) is 14.7. The van der Waals surface area contributed by atoms with E-state index in [0.29, 0.717) is 25.7 Å². The molecular formula is C75H128O17P2. The van der Waals surface area contributed by atoms with Crippen LogP contribution in [0.3, 0.4) is 0 Å². The van der Waals surface area contributed by atoms with Gasteiger partial charge in [0.2, 0.25) is 0 Å². The molecule has 0 aromatic heterocycles. The third-order valence-electron chi connectivity index (χ3n) is 14.7. The zero-order chi connectivity index (χ0) is 69.0. The molecule has 0 bridgehead atoms. The average Bonchev–Trinajstić information content (AvgIpc) is 1.32. The van der Waals surface area contributed by atoms with Crippen molar-refractivity contribution in [3.63, 3.8) is 0 Å². The number of carbonyl (C=O) groups is 4. The lowest BCUT2D eigenvalue weighted by atomic mass is 10.1. The third-order valence-corrected chi connectivity index (χ3v) is 16.6. The molecule has 0 heterocycles. The topological polar surface area (TPSA) is 237 Å². The van der Waals surface area contributed by atoms with Crippen LogP contribution in [0.2, 0.25) is 0 Å². The minimum Gasteiger partial charge on any atom is -0.462 e. The van der Waals surface area contributed by atoms with Crippen LogP contribution in [0.1, 0.15) is 285 Å². The molecule has 0 aromatic carbocycles. The highest BCUT2D eigenvalue weighted by molar-refractivity contribution is 7.47. The average molecular weight is 1360 g/mol. The molecule has 5 unspecified atom stereocenters. The first kappa shape index (κ1) is 89.7. The molecule has 540 valence electrons. The molecule has 0 aromatic rings. The van der Waals surface area contributed by atoms with Gasteiger partial charge in [0, 0.05) is 25.7 Å². The van der Waals surface area contributed by atoms with Crippen molar-refractivity contribution in [1.82, 2.24) is 0 Å². The number of phosphoric acid groups is 2. The molecule has 17 nitrogen and oxygen atoms in total. The molecule has 5 atom stereocenters. The summed E-state index contributed by atoms with van der Waals surface area (Å²) in [4.78, 5) is 72.6. The number of aliphatic hydroxyl groups is 1. The zero-order valence-electron chi connectivity index (χ0n) is 58.6. The Labute approximate surface area is 569 Å². The van der Waals surface area contributed by atoms with Crippen molar-refractivity contribution in [2.24, 2.45) is 0 Å². The first-order chi connectivity index (χ1) is 45.7. The number of carbonyl (C=O) groups excluding carboxylic acids is 4. The van der Waals surface area contributed by atoms with E-state index in [1.165, 1.54) is 12.8 Å². The van der Waals surface area contributed by atoms with E-state index in [0.717, 1.165) is 193 Å². The summed E-state index contributed by atoms with van der Waals surface area (Å²) in [5.41, 5.74) is 0. The van der Waals surface area contributed by atoms with E-state index in [4.69, 9.17) is 37.0 Å². The maximum Gasteiger partial charge on any atom is 0.472 e. The van der Waals surface area contributed by atoms with Gasteiger partial charge in [-0.3, -0.25) is 37.3 Å². The second kappa shape index (κ2) is 67.3. The summed E-state index contributed by atoms with van der Waals surface area (Å²) < 4.78 is 68.2. The van der Waals surface area contributed by atoms with Crippen LogP contribution in [-0.4, -0.2) is 96.7 Å². The summed E-state index contributed by atoms with van der Waals surface area (Å²) in [5.74, 6) is -2.24. The van der Waals surface area contributed by atoms with Crippen LogP contribution in [0, 0.1) is 0 Å². The fourth-order valence-electron chi connectivity index (χ4n) is 9.15. The monoisotopic (exact) mass is 1360 g/mol. The Bertz CT molecular complexity index is 2220. The highest BCUT2D eigenvalue weighted by Gasteiger charge is 2.30. The number of phosphoric ester groups is 2. The SMILES string of the molecule is CC/C=C\C/C=C\C/C=C\C/C=C\CCCCCCC(=O)OCC(COP(=O)(O)OCC(O)COP(=O)(O)OCC(COC(=O)CCCCCCC/C=C\C/C=C\CCC)OC(=O)CCCCCCC/C=C\C/C=C\CCC)OC(=O)CCCCCCC/C=C\CCCC. The highest BCUT2D eigenvalue weighted by atomic mass is 31.2. The lowest BCUT2D eigenvalue weighted by Gasteiger charge is -2.21. The van der Waals surface area contributed by atoms with Gasteiger partial charge in [0.25, 0.3) is 0 Å². The Morgan fingerprint density at radius 3 is 0.904 bits per heavy atom. The van der Waals surface area contributed by atoms with E-state index in [-0.39, 0.29) is 25.7 Å². The number of hydrogen-bond acceptors (Lipinski definition) is 15. The van der Waals surface area contributed by atoms with E-state index in [1.807, 2.05) is 0 Å². The van der Waals surface area contributed by atoms with Gasteiger partial charge in [-0.1, -0.05) is 233 Å². The Hall–Kier alpha value is -4.28. The maximum atomic E-state index is 13.0. The second-order valence-electron chi connectivity index (χ2n) is 23.8. The van der Waals surface area contributed by atoms with Gasteiger partial charge in [-0.2, -0.15) is 0 Å². The summed E-state index contributed by atoms with van der Waals surface area (Å²) in [7, 11) is -9.95. The number of allylic oxidation sites excluding steroid dienone is 18. The van der Waals surface area contributed by atoms with Gasteiger partial charge in [-0.15, -0.1) is 0 Å². The van der Waals surface area contributed by atoms with Crippen molar-refractivity contribution in [2.75, 3.05) is 39.6 Å². The number of aliphatic hydroxyl groups excluding tert-OH is 1.